The molecule has 0 aliphatic rings. The Morgan fingerprint density at radius 2 is 0.895 bits per heavy atom. The highest BCUT2D eigenvalue weighted by Crippen LogP contribution is 2.44. The lowest BCUT2D eigenvalue weighted by atomic mass is 9.92. The molecule has 0 spiro atoms. The minimum absolute atomic E-state index is 0.878. The van der Waals surface area contributed by atoms with Gasteiger partial charge >= 0.3 is 0 Å². The molecule has 0 fully saturated rings. The molecular formula is C54H36N2O. The van der Waals surface area contributed by atoms with Crippen LogP contribution in [0.1, 0.15) is 0 Å². The molecule has 0 amide bonds. The van der Waals surface area contributed by atoms with Gasteiger partial charge in [0.25, 0.3) is 0 Å². The zero-order valence-corrected chi connectivity index (χ0v) is 31.1. The van der Waals surface area contributed by atoms with Gasteiger partial charge in [0, 0.05) is 44.2 Å². The summed E-state index contributed by atoms with van der Waals surface area (Å²) >= 11 is 0. The first kappa shape index (κ1) is 32.8. The molecule has 11 rings (SSSR count). The largest absolute Gasteiger partial charge is 0.456 e. The Morgan fingerprint density at radius 1 is 0.333 bits per heavy atom. The van der Waals surface area contributed by atoms with Crippen molar-refractivity contribution in [3.05, 3.63) is 218 Å². The van der Waals surface area contributed by atoms with Crippen LogP contribution in [0.25, 0.3) is 82.8 Å². The van der Waals surface area contributed by atoms with Gasteiger partial charge < -0.3 is 13.9 Å². The number of rotatable bonds is 7. The van der Waals surface area contributed by atoms with Gasteiger partial charge in [0.05, 0.1) is 16.7 Å². The quantitative estimate of drug-likeness (QED) is 0.163. The Hall–Kier alpha value is -7.62. The predicted octanol–water partition coefficient (Wildman–Crippen LogP) is 15.2. The van der Waals surface area contributed by atoms with E-state index < -0.39 is 0 Å². The molecule has 2 heterocycles. The summed E-state index contributed by atoms with van der Waals surface area (Å²) in [6.45, 7) is 0. The number of para-hydroxylation sites is 3. The second-order valence-corrected chi connectivity index (χ2v) is 14.5. The van der Waals surface area contributed by atoms with Crippen LogP contribution < -0.4 is 4.90 Å². The monoisotopic (exact) mass is 728 g/mol. The zero-order valence-electron chi connectivity index (χ0n) is 31.1. The van der Waals surface area contributed by atoms with Crippen LogP contribution in [0.4, 0.5) is 17.1 Å². The van der Waals surface area contributed by atoms with E-state index in [1.807, 2.05) is 12.1 Å². The average molecular weight is 729 g/mol. The molecular weight excluding hydrogens is 693 g/mol. The van der Waals surface area contributed by atoms with Crippen molar-refractivity contribution in [1.29, 1.82) is 0 Å². The first-order valence-corrected chi connectivity index (χ1v) is 19.4. The van der Waals surface area contributed by atoms with Gasteiger partial charge in [-0.3, -0.25) is 0 Å². The molecule has 3 heteroatoms. The standard InChI is InChI=1S/C54H36N2O/c1-3-15-37(16-4-1)40-19-13-20-42(35-40)55(43-33-34-53-48(36-43)47-23-9-12-28-52(47)57-53)41-31-29-39(30-32-41)54-44(38-17-5-2-6-18-38)24-14-27-51(54)56-49-25-10-7-21-45(49)46-22-8-11-26-50(46)56/h1-36H. The third-order valence-corrected chi connectivity index (χ3v) is 11.2. The van der Waals surface area contributed by atoms with Crippen LogP contribution in [0.5, 0.6) is 0 Å². The van der Waals surface area contributed by atoms with Gasteiger partial charge in [-0.25, -0.2) is 0 Å². The Bertz CT molecular complexity index is 3180. The summed E-state index contributed by atoms with van der Waals surface area (Å²) in [6, 6.07) is 78.2. The zero-order chi connectivity index (χ0) is 37.7. The van der Waals surface area contributed by atoms with Crippen molar-refractivity contribution >= 4 is 60.8 Å². The number of hydrogen-bond donors (Lipinski definition) is 0. The van der Waals surface area contributed by atoms with E-state index in [4.69, 9.17) is 4.42 Å². The number of nitrogens with zero attached hydrogens (tertiary/aromatic N) is 2. The Labute approximate surface area is 330 Å². The second kappa shape index (κ2) is 13.6. The van der Waals surface area contributed by atoms with E-state index in [0.29, 0.717) is 0 Å². The molecule has 3 nitrogen and oxygen atoms in total. The summed E-state index contributed by atoms with van der Waals surface area (Å²) in [5.41, 5.74) is 15.5. The minimum Gasteiger partial charge on any atom is -0.456 e. The molecule has 0 unspecified atom stereocenters. The molecule has 268 valence electrons. The summed E-state index contributed by atoms with van der Waals surface area (Å²) in [5.74, 6) is 0. The van der Waals surface area contributed by atoms with Crippen LogP contribution in [0.2, 0.25) is 0 Å². The van der Waals surface area contributed by atoms with Crippen molar-refractivity contribution in [2.45, 2.75) is 0 Å². The Morgan fingerprint density at radius 3 is 1.63 bits per heavy atom. The summed E-state index contributed by atoms with van der Waals surface area (Å²) in [7, 11) is 0. The lowest BCUT2D eigenvalue weighted by molar-refractivity contribution is 0.669. The fourth-order valence-corrected chi connectivity index (χ4v) is 8.60. The van der Waals surface area contributed by atoms with E-state index in [1.54, 1.807) is 0 Å². The smallest absolute Gasteiger partial charge is 0.135 e. The van der Waals surface area contributed by atoms with E-state index in [2.05, 4.69) is 216 Å². The maximum atomic E-state index is 6.26. The number of aromatic nitrogens is 1. The van der Waals surface area contributed by atoms with Gasteiger partial charge in [0.2, 0.25) is 0 Å². The topological polar surface area (TPSA) is 21.3 Å². The Balaban J connectivity index is 1.11. The number of furan rings is 1. The van der Waals surface area contributed by atoms with Crippen LogP contribution >= 0.6 is 0 Å². The highest BCUT2D eigenvalue weighted by atomic mass is 16.3. The van der Waals surface area contributed by atoms with Gasteiger partial charge in [-0.2, -0.15) is 0 Å². The van der Waals surface area contributed by atoms with Gasteiger partial charge in [0.15, 0.2) is 0 Å². The average Bonchev–Trinajstić information content (AvgIpc) is 3.83. The van der Waals surface area contributed by atoms with Crippen LogP contribution in [0.15, 0.2) is 223 Å². The molecule has 0 aliphatic heterocycles. The van der Waals surface area contributed by atoms with Crippen LogP contribution in [-0.4, -0.2) is 4.57 Å². The van der Waals surface area contributed by atoms with Crippen molar-refractivity contribution in [2.75, 3.05) is 4.90 Å². The number of hydrogen-bond acceptors (Lipinski definition) is 2. The van der Waals surface area contributed by atoms with Crippen LogP contribution in [0.3, 0.4) is 0 Å². The normalized spacial score (nSPS) is 11.5. The molecule has 9 aromatic carbocycles. The lowest BCUT2D eigenvalue weighted by Gasteiger charge is -2.26. The molecule has 0 saturated heterocycles. The first-order valence-electron chi connectivity index (χ1n) is 19.4. The molecule has 0 N–H and O–H groups in total. The fraction of sp³-hybridized carbons (Fsp3) is 0. The number of fused-ring (bicyclic) bond motifs is 6. The summed E-state index contributed by atoms with van der Waals surface area (Å²) < 4.78 is 8.70. The maximum Gasteiger partial charge on any atom is 0.135 e. The minimum atomic E-state index is 0.878. The third kappa shape index (κ3) is 5.60. The summed E-state index contributed by atoms with van der Waals surface area (Å²) in [6.07, 6.45) is 0. The molecule has 0 radical (unpaired) electrons. The second-order valence-electron chi connectivity index (χ2n) is 14.5. The van der Waals surface area contributed by atoms with Crippen molar-refractivity contribution in [3.63, 3.8) is 0 Å². The highest BCUT2D eigenvalue weighted by molar-refractivity contribution is 6.10. The Kier molecular flexibility index (Phi) is 7.82. The summed E-state index contributed by atoms with van der Waals surface area (Å²) in [5, 5.41) is 4.69. The van der Waals surface area contributed by atoms with Gasteiger partial charge in [-0.1, -0.05) is 152 Å². The highest BCUT2D eigenvalue weighted by Gasteiger charge is 2.21. The lowest BCUT2D eigenvalue weighted by Crippen LogP contribution is -2.10. The molecule has 0 saturated carbocycles. The van der Waals surface area contributed by atoms with Gasteiger partial charge in [-0.15, -0.1) is 0 Å². The van der Waals surface area contributed by atoms with E-state index in [9.17, 15) is 0 Å². The molecule has 0 aliphatic carbocycles. The van der Waals surface area contributed by atoms with E-state index in [0.717, 1.165) is 55.8 Å². The van der Waals surface area contributed by atoms with Gasteiger partial charge in [0.1, 0.15) is 11.2 Å². The van der Waals surface area contributed by atoms with Crippen molar-refractivity contribution in [1.82, 2.24) is 4.57 Å². The maximum absolute atomic E-state index is 6.26. The van der Waals surface area contributed by atoms with Crippen LogP contribution in [0, 0.1) is 0 Å². The van der Waals surface area contributed by atoms with Crippen molar-refractivity contribution < 1.29 is 4.42 Å². The molecule has 2 aromatic heterocycles. The first-order chi connectivity index (χ1) is 28.3. The number of anilines is 3. The van der Waals surface area contributed by atoms with Crippen molar-refractivity contribution in [3.8, 4) is 39.1 Å². The molecule has 11 aromatic rings. The third-order valence-electron chi connectivity index (χ3n) is 11.2. The van der Waals surface area contributed by atoms with Crippen LogP contribution in [-0.2, 0) is 0 Å². The summed E-state index contributed by atoms with van der Waals surface area (Å²) in [4.78, 5) is 2.36. The fourth-order valence-electron chi connectivity index (χ4n) is 8.60. The molecule has 0 atom stereocenters. The number of benzene rings is 9. The SMILES string of the molecule is c1ccc(-c2cccc(N(c3ccc(-c4c(-c5ccccc5)cccc4-n4c5ccccc5c5ccccc54)cc3)c3ccc4oc5ccccc5c4c3)c2)cc1. The molecule has 0 bridgehead atoms. The van der Waals surface area contributed by atoms with Crippen molar-refractivity contribution in [2.24, 2.45) is 0 Å². The van der Waals surface area contributed by atoms with E-state index >= 15 is 0 Å². The van der Waals surface area contributed by atoms with Gasteiger partial charge in [-0.05, 0) is 94.5 Å². The van der Waals surface area contributed by atoms with E-state index in [-0.39, 0.29) is 0 Å². The molecule has 57 heavy (non-hydrogen) atoms. The predicted molar refractivity (Wildman–Crippen MR) is 239 cm³/mol. The van der Waals surface area contributed by atoms with E-state index in [1.165, 1.54) is 44.1 Å².